The molecule has 2 aromatic heterocycles. The van der Waals surface area contributed by atoms with Gasteiger partial charge in [0.05, 0.1) is 12.6 Å². The summed E-state index contributed by atoms with van der Waals surface area (Å²) in [4.78, 5) is 27.9. The molecule has 0 spiro atoms. The lowest BCUT2D eigenvalue weighted by Gasteiger charge is -2.31. The maximum Gasteiger partial charge on any atom is 0.462 e. The molecule has 0 bridgehead atoms. The van der Waals surface area contributed by atoms with Crippen molar-refractivity contribution in [1.82, 2.24) is 29.4 Å². The second-order valence-corrected chi connectivity index (χ2v) is 15.9. The van der Waals surface area contributed by atoms with Gasteiger partial charge in [0.1, 0.15) is 29.6 Å². The van der Waals surface area contributed by atoms with Gasteiger partial charge < -0.3 is 29.9 Å². The molecule has 5 rings (SSSR count). The van der Waals surface area contributed by atoms with Gasteiger partial charge in [0, 0.05) is 12.1 Å². The van der Waals surface area contributed by atoms with E-state index in [0.717, 1.165) is 11.3 Å². The number of imidazole rings is 1. The molecule has 1 aliphatic heterocycles. The van der Waals surface area contributed by atoms with E-state index in [2.05, 4.69) is 24.9 Å². The van der Waals surface area contributed by atoms with Crippen LogP contribution >= 0.6 is 19.3 Å². The maximum absolute atomic E-state index is 14.5. The molecule has 21 heteroatoms. The molecule has 1 aliphatic rings. The van der Waals surface area contributed by atoms with Crippen molar-refractivity contribution >= 4 is 58.3 Å². The number of hydrogen-bond donors (Lipinski definition) is 5. The van der Waals surface area contributed by atoms with E-state index < -0.39 is 53.5 Å². The lowest BCUT2D eigenvalue weighted by atomic mass is 9.99. The van der Waals surface area contributed by atoms with Crippen LogP contribution in [0.25, 0.3) is 11.2 Å². The number of aromatic nitrogens is 4. The number of carbonyl (C=O) groups excluding carboxylic acids is 1. The highest BCUT2D eigenvalue weighted by Crippen LogP contribution is 2.52. The minimum atomic E-state index is -4.70. The SMILES string of the molecule is CN(NS(C)(=O)=O)c1nc(N)nc2c1ncn2[C@@H]1OC(OP(=O)(NC(C)(C)C(=O)OCc2ccccc2)Oc2ccc(Cl)cc2)C(O)[C@@]1(C)O. The first-order valence-electron chi connectivity index (χ1n) is 14.8. The van der Waals surface area contributed by atoms with Crippen LogP contribution in [0.1, 0.15) is 32.6 Å². The zero-order chi connectivity index (χ0) is 36.6. The fraction of sp³-hybridized carbons (Fsp3) is 0.379. The molecule has 50 heavy (non-hydrogen) atoms. The molecule has 0 saturated carbocycles. The van der Waals surface area contributed by atoms with E-state index in [1.807, 2.05) is 6.07 Å². The number of nitrogens with zero attached hydrogens (tertiary/aromatic N) is 5. The Morgan fingerprint density at radius 1 is 1.20 bits per heavy atom. The highest BCUT2D eigenvalue weighted by Gasteiger charge is 2.57. The van der Waals surface area contributed by atoms with Gasteiger partial charge >= 0.3 is 13.7 Å². The number of nitrogen functional groups attached to an aromatic ring is 1. The van der Waals surface area contributed by atoms with Crippen LogP contribution in [0.3, 0.4) is 0 Å². The fourth-order valence-electron chi connectivity index (χ4n) is 4.94. The Balaban J connectivity index is 1.44. The third-order valence-corrected chi connectivity index (χ3v) is 9.96. The fourth-order valence-corrected chi connectivity index (χ4v) is 7.40. The smallest absolute Gasteiger partial charge is 0.459 e. The van der Waals surface area contributed by atoms with Gasteiger partial charge in [0.2, 0.25) is 22.3 Å². The summed E-state index contributed by atoms with van der Waals surface area (Å²) in [7, 11) is -7.07. The summed E-state index contributed by atoms with van der Waals surface area (Å²) in [6.45, 7) is 3.93. The first kappa shape index (κ1) is 37.3. The van der Waals surface area contributed by atoms with E-state index in [4.69, 9.17) is 35.9 Å². The normalized spacial score (nSPS) is 22.3. The average Bonchev–Trinajstić information content (AvgIpc) is 3.53. The Hall–Kier alpha value is -3.91. The van der Waals surface area contributed by atoms with Crippen LogP contribution in [0.15, 0.2) is 60.9 Å². The topological polar surface area (TPSA) is 243 Å². The average molecular weight is 755 g/mol. The Morgan fingerprint density at radius 2 is 1.86 bits per heavy atom. The number of esters is 1. The molecule has 6 N–H and O–H groups in total. The lowest BCUT2D eigenvalue weighted by molar-refractivity contribution is -0.152. The number of hydrazine groups is 1. The van der Waals surface area contributed by atoms with Gasteiger partial charge in [-0.1, -0.05) is 41.9 Å². The highest BCUT2D eigenvalue weighted by atomic mass is 35.5. The molecule has 18 nitrogen and oxygen atoms in total. The van der Waals surface area contributed by atoms with E-state index in [-0.39, 0.29) is 35.3 Å². The molecular weight excluding hydrogens is 719 g/mol. The predicted molar refractivity (Wildman–Crippen MR) is 181 cm³/mol. The minimum absolute atomic E-state index is 0.0154. The number of sulfonamides is 1. The molecular formula is C29H36ClN8O10PS. The molecule has 0 aliphatic carbocycles. The molecule has 4 aromatic rings. The van der Waals surface area contributed by atoms with Gasteiger partial charge in [-0.25, -0.2) is 18.0 Å². The maximum atomic E-state index is 14.5. The zero-order valence-electron chi connectivity index (χ0n) is 27.4. The number of aliphatic hydroxyl groups excluding tert-OH is 1. The van der Waals surface area contributed by atoms with Crippen LogP contribution in [0.5, 0.6) is 5.75 Å². The Bertz CT molecular complexity index is 2020. The number of hydrogen-bond acceptors (Lipinski definition) is 15. The van der Waals surface area contributed by atoms with Crippen molar-refractivity contribution in [3.05, 3.63) is 71.5 Å². The van der Waals surface area contributed by atoms with Crippen LogP contribution in [-0.4, -0.2) is 81.0 Å². The number of rotatable bonds is 13. The lowest BCUT2D eigenvalue weighted by Crippen LogP contribution is -2.48. The van der Waals surface area contributed by atoms with Crippen LogP contribution in [0.4, 0.5) is 11.8 Å². The molecule has 3 heterocycles. The molecule has 0 amide bonds. The van der Waals surface area contributed by atoms with E-state index >= 15 is 0 Å². The summed E-state index contributed by atoms with van der Waals surface area (Å²) in [5.74, 6) is -1.11. The number of carbonyl (C=O) groups is 1. The number of benzene rings is 2. The van der Waals surface area contributed by atoms with Crippen LogP contribution in [-0.2, 0) is 40.0 Å². The van der Waals surface area contributed by atoms with Crippen molar-refractivity contribution in [2.75, 3.05) is 24.0 Å². The van der Waals surface area contributed by atoms with Crippen molar-refractivity contribution in [2.24, 2.45) is 0 Å². The van der Waals surface area contributed by atoms with Crippen molar-refractivity contribution < 1.29 is 46.5 Å². The first-order valence-corrected chi connectivity index (χ1v) is 18.6. The van der Waals surface area contributed by atoms with Crippen molar-refractivity contribution in [3.63, 3.8) is 0 Å². The van der Waals surface area contributed by atoms with Crippen molar-refractivity contribution in [2.45, 2.75) is 57.1 Å². The molecule has 1 saturated heterocycles. The summed E-state index contributed by atoms with van der Waals surface area (Å²) in [5, 5.41) is 26.8. The van der Waals surface area contributed by atoms with E-state index in [0.29, 0.717) is 10.6 Å². The van der Waals surface area contributed by atoms with E-state index in [1.54, 1.807) is 24.3 Å². The first-order chi connectivity index (χ1) is 23.3. The Kier molecular flexibility index (Phi) is 10.5. The molecule has 5 atom stereocenters. The summed E-state index contributed by atoms with van der Waals surface area (Å²) >= 11 is 6.00. The third kappa shape index (κ3) is 8.34. The zero-order valence-corrected chi connectivity index (χ0v) is 29.9. The molecule has 270 valence electrons. The second-order valence-electron chi connectivity index (χ2n) is 12.1. The standard InChI is InChI=1S/C29H36ClN8O10PS/c1-28(2,26(40)45-15-17-9-7-6-8-10-17)35-49(42,47-19-13-11-18(30)12-14-19)48-24-21(39)29(3,41)25(46-24)38-16-32-20-22(33-27(31)34-23(20)38)37(4)36-50(5,43)44/h6-14,16,21,24-25,36,39,41H,15H2,1-5H3,(H,35,42)(H2,31,33,34)/t21?,24?,25-,29-,49?/m1/s1. The summed E-state index contributed by atoms with van der Waals surface area (Å²) in [6.07, 6.45) is -3.10. The predicted octanol–water partition coefficient (Wildman–Crippen LogP) is 2.24. The van der Waals surface area contributed by atoms with Gasteiger partial charge in [-0.2, -0.15) is 15.1 Å². The van der Waals surface area contributed by atoms with Crippen molar-refractivity contribution in [3.8, 4) is 5.75 Å². The molecule has 3 unspecified atom stereocenters. The van der Waals surface area contributed by atoms with Gasteiger partial charge in [0.15, 0.2) is 23.2 Å². The Labute approximate surface area is 292 Å². The number of ether oxygens (including phenoxy) is 2. The highest BCUT2D eigenvalue weighted by molar-refractivity contribution is 7.88. The van der Waals surface area contributed by atoms with Gasteiger partial charge in [-0.3, -0.25) is 18.9 Å². The number of anilines is 2. The van der Waals surface area contributed by atoms with Gasteiger partial charge in [0.25, 0.3) is 0 Å². The van der Waals surface area contributed by atoms with Crippen LogP contribution < -0.4 is 25.2 Å². The number of nitrogens with two attached hydrogens (primary N) is 1. The second kappa shape index (κ2) is 14.0. The van der Waals surface area contributed by atoms with Gasteiger partial charge in [-0.15, -0.1) is 4.83 Å². The molecule has 0 radical (unpaired) electrons. The largest absolute Gasteiger partial charge is 0.462 e. The quantitative estimate of drug-likeness (QED) is 0.0747. The Morgan fingerprint density at radius 3 is 2.50 bits per heavy atom. The minimum Gasteiger partial charge on any atom is -0.459 e. The van der Waals surface area contributed by atoms with E-state index in [1.165, 1.54) is 63.0 Å². The number of aliphatic hydroxyl groups is 2. The van der Waals surface area contributed by atoms with Crippen molar-refractivity contribution in [1.29, 1.82) is 0 Å². The number of nitrogens with one attached hydrogen (secondary N) is 2. The van der Waals surface area contributed by atoms with Gasteiger partial charge in [-0.05, 0) is 50.6 Å². The van der Waals surface area contributed by atoms with E-state index in [9.17, 15) is 28.0 Å². The molecule has 2 aromatic carbocycles. The third-order valence-electron chi connectivity index (χ3n) is 7.33. The van der Waals surface area contributed by atoms with Crippen LogP contribution in [0, 0.1) is 0 Å². The number of halogens is 1. The van der Waals surface area contributed by atoms with Crippen LogP contribution in [0.2, 0.25) is 5.02 Å². The monoisotopic (exact) mass is 754 g/mol. The molecule has 1 fully saturated rings. The summed E-state index contributed by atoms with van der Waals surface area (Å²) in [5.41, 5.74) is 2.81. The summed E-state index contributed by atoms with van der Waals surface area (Å²) in [6, 6.07) is 14.7. The summed E-state index contributed by atoms with van der Waals surface area (Å²) < 4.78 is 62.3. The number of fused-ring (bicyclic) bond motifs is 1.